The number of nitrogens with zero attached hydrogens (tertiary/aromatic N) is 1. The molecular formula is C18H21N3O3. The van der Waals surface area contributed by atoms with Crippen LogP contribution in [0.25, 0.3) is 5.69 Å². The van der Waals surface area contributed by atoms with Gasteiger partial charge in [0.2, 0.25) is 0 Å². The summed E-state index contributed by atoms with van der Waals surface area (Å²) in [6.45, 7) is 2.24. The Kier molecular flexibility index (Phi) is 6.64. The first-order valence-electron chi connectivity index (χ1n) is 7.83. The second kappa shape index (κ2) is 9.19. The average Bonchev–Trinajstić information content (AvgIpc) is 3.14. The summed E-state index contributed by atoms with van der Waals surface area (Å²) in [4.78, 5) is 23.8. The van der Waals surface area contributed by atoms with Gasteiger partial charge in [0.1, 0.15) is 6.61 Å². The van der Waals surface area contributed by atoms with Crippen molar-refractivity contribution in [2.45, 2.75) is 19.8 Å². The van der Waals surface area contributed by atoms with E-state index in [1.165, 1.54) is 0 Å². The van der Waals surface area contributed by atoms with Gasteiger partial charge in [-0.15, -0.1) is 0 Å². The number of benzene rings is 1. The smallest absolute Gasteiger partial charge is 0.426 e. The first kappa shape index (κ1) is 17.3. The summed E-state index contributed by atoms with van der Waals surface area (Å²) in [6, 6.07) is 10.9. The molecule has 0 radical (unpaired) electrons. The standard InChI is InChI=1S/C18H21N3O3/c1-2-3-4-9-14-24-18(23)20-19-17(22)15-10-5-6-11-16(15)21-12-7-8-13-21/h4-13H,2-3,14H2,1H3,(H,19,22)(H,20,23). The molecule has 2 aromatic rings. The Morgan fingerprint density at radius 2 is 1.83 bits per heavy atom. The maximum absolute atomic E-state index is 12.3. The molecule has 0 saturated heterocycles. The molecule has 2 N–H and O–H groups in total. The fourth-order valence-corrected chi connectivity index (χ4v) is 2.07. The topological polar surface area (TPSA) is 72.4 Å². The van der Waals surface area contributed by atoms with Gasteiger partial charge in [-0.3, -0.25) is 10.2 Å². The summed E-state index contributed by atoms with van der Waals surface area (Å²) in [5.41, 5.74) is 5.75. The Labute approximate surface area is 141 Å². The molecule has 2 rings (SSSR count). The summed E-state index contributed by atoms with van der Waals surface area (Å²) < 4.78 is 6.75. The zero-order valence-corrected chi connectivity index (χ0v) is 13.6. The predicted molar refractivity (Wildman–Crippen MR) is 91.8 cm³/mol. The van der Waals surface area contributed by atoms with E-state index in [-0.39, 0.29) is 6.61 Å². The van der Waals surface area contributed by atoms with Crippen LogP contribution in [0, 0.1) is 0 Å². The van der Waals surface area contributed by atoms with Crippen molar-refractivity contribution in [1.82, 2.24) is 15.4 Å². The summed E-state index contributed by atoms with van der Waals surface area (Å²) in [5.74, 6) is -0.419. The number of amides is 2. The Bertz CT molecular complexity index is 693. The van der Waals surface area contributed by atoms with E-state index in [0.717, 1.165) is 18.5 Å². The molecule has 0 aliphatic carbocycles. The third-order valence-corrected chi connectivity index (χ3v) is 3.24. The number of carbonyl (C=O) groups is 2. The number of unbranched alkanes of at least 4 members (excludes halogenated alkanes) is 1. The third-order valence-electron chi connectivity index (χ3n) is 3.24. The molecule has 0 fully saturated rings. The molecule has 126 valence electrons. The van der Waals surface area contributed by atoms with Crippen molar-refractivity contribution in [3.8, 4) is 5.69 Å². The molecule has 0 spiro atoms. The molecule has 0 aliphatic rings. The molecule has 6 nitrogen and oxygen atoms in total. The molecule has 0 saturated carbocycles. The maximum atomic E-state index is 12.3. The molecular weight excluding hydrogens is 306 g/mol. The Balaban J connectivity index is 1.88. The van der Waals surface area contributed by atoms with Crippen LogP contribution >= 0.6 is 0 Å². The number of aromatic nitrogens is 1. The van der Waals surface area contributed by atoms with Crippen LogP contribution in [-0.4, -0.2) is 23.2 Å². The maximum Gasteiger partial charge on any atom is 0.426 e. The van der Waals surface area contributed by atoms with E-state index in [2.05, 4.69) is 17.8 Å². The molecule has 1 aromatic heterocycles. The van der Waals surface area contributed by atoms with Gasteiger partial charge < -0.3 is 9.30 Å². The van der Waals surface area contributed by atoms with Crippen LogP contribution in [0.3, 0.4) is 0 Å². The molecule has 1 aromatic carbocycles. The zero-order valence-electron chi connectivity index (χ0n) is 13.6. The minimum Gasteiger partial charge on any atom is -0.444 e. The van der Waals surface area contributed by atoms with Gasteiger partial charge >= 0.3 is 6.09 Å². The Morgan fingerprint density at radius 3 is 2.58 bits per heavy atom. The van der Waals surface area contributed by atoms with E-state index in [1.807, 2.05) is 47.3 Å². The Hall–Kier alpha value is -3.02. The Morgan fingerprint density at radius 1 is 1.08 bits per heavy atom. The lowest BCUT2D eigenvalue weighted by Crippen LogP contribution is -2.42. The van der Waals surface area contributed by atoms with Crippen molar-refractivity contribution in [3.05, 3.63) is 66.5 Å². The van der Waals surface area contributed by atoms with Gasteiger partial charge in [-0.1, -0.05) is 37.6 Å². The second-order valence-corrected chi connectivity index (χ2v) is 5.05. The van der Waals surface area contributed by atoms with E-state index in [1.54, 1.807) is 18.2 Å². The molecule has 0 aliphatic heterocycles. The van der Waals surface area contributed by atoms with Gasteiger partial charge in [0.25, 0.3) is 5.91 Å². The van der Waals surface area contributed by atoms with Crippen molar-refractivity contribution < 1.29 is 14.3 Å². The number of ether oxygens (including phenoxy) is 1. The highest BCUT2D eigenvalue weighted by Crippen LogP contribution is 2.14. The van der Waals surface area contributed by atoms with E-state index >= 15 is 0 Å². The molecule has 0 unspecified atom stereocenters. The lowest BCUT2D eigenvalue weighted by Gasteiger charge is -2.11. The van der Waals surface area contributed by atoms with Crippen LogP contribution in [0.15, 0.2) is 60.9 Å². The minimum atomic E-state index is -0.706. The number of para-hydroxylation sites is 1. The number of carbonyl (C=O) groups excluding carboxylic acids is 2. The quantitative estimate of drug-likeness (QED) is 0.632. The fourth-order valence-electron chi connectivity index (χ4n) is 2.07. The predicted octanol–water partition coefficient (Wildman–Crippen LogP) is 3.20. The highest BCUT2D eigenvalue weighted by Gasteiger charge is 2.12. The van der Waals surface area contributed by atoms with Crippen molar-refractivity contribution in [2.75, 3.05) is 6.61 Å². The van der Waals surface area contributed by atoms with Crippen molar-refractivity contribution in [2.24, 2.45) is 0 Å². The van der Waals surface area contributed by atoms with Crippen LogP contribution in [0.4, 0.5) is 4.79 Å². The third kappa shape index (κ3) is 5.01. The summed E-state index contributed by atoms with van der Waals surface area (Å²) in [5, 5.41) is 0. The van der Waals surface area contributed by atoms with E-state index in [4.69, 9.17) is 4.74 Å². The lowest BCUT2D eigenvalue weighted by atomic mass is 10.1. The molecule has 0 bridgehead atoms. The number of hydrazine groups is 1. The number of hydrogen-bond acceptors (Lipinski definition) is 3. The van der Waals surface area contributed by atoms with Crippen LogP contribution in [0.5, 0.6) is 0 Å². The van der Waals surface area contributed by atoms with Gasteiger partial charge in [-0.05, 0) is 30.7 Å². The number of allylic oxidation sites excluding steroid dienone is 1. The molecule has 6 heteroatoms. The number of nitrogens with one attached hydrogen (secondary N) is 2. The molecule has 2 amide bonds. The highest BCUT2D eigenvalue weighted by molar-refractivity contribution is 5.98. The summed E-state index contributed by atoms with van der Waals surface area (Å²) in [6.07, 6.45) is 8.68. The highest BCUT2D eigenvalue weighted by atomic mass is 16.6. The first-order chi connectivity index (χ1) is 11.7. The van der Waals surface area contributed by atoms with Gasteiger partial charge in [0.05, 0.1) is 11.3 Å². The molecule has 24 heavy (non-hydrogen) atoms. The van der Waals surface area contributed by atoms with Crippen LogP contribution in [0.2, 0.25) is 0 Å². The summed E-state index contributed by atoms with van der Waals surface area (Å²) >= 11 is 0. The second-order valence-electron chi connectivity index (χ2n) is 5.05. The van der Waals surface area contributed by atoms with Gasteiger partial charge in [-0.25, -0.2) is 10.2 Å². The number of hydrogen-bond donors (Lipinski definition) is 2. The van der Waals surface area contributed by atoms with Crippen LogP contribution < -0.4 is 10.9 Å². The van der Waals surface area contributed by atoms with Crippen LogP contribution in [-0.2, 0) is 4.74 Å². The minimum absolute atomic E-state index is 0.168. The zero-order chi connectivity index (χ0) is 17.2. The van der Waals surface area contributed by atoms with E-state index in [9.17, 15) is 9.59 Å². The molecule has 0 atom stereocenters. The molecule has 1 heterocycles. The number of rotatable bonds is 6. The lowest BCUT2D eigenvalue weighted by molar-refractivity contribution is 0.0915. The van der Waals surface area contributed by atoms with E-state index in [0.29, 0.717) is 5.56 Å². The van der Waals surface area contributed by atoms with Gasteiger partial charge in [-0.2, -0.15) is 0 Å². The van der Waals surface area contributed by atoms with Gasteiger partial charge in [0, 0.05) is 12.4 Å². The van der Waals surface area contributed by atoms with Gasteiger partial charge in [0.15, 0.2) is 0 Å². The van der Waals surface area contributed by atoms with E-state index < -0.39 is 12.0 Å². The average molecular weight is 327 g/mol. The monoisotopic (exact) mass is 327 g/mol. The van der Waals surface area contributed by atoms with Crippen molar-refractivity contribution in [1.29, 1.82) is 0 Å². The normalized spacial score (nSPS) is 10.5. The van der Waals surface area contributed by atoms with Crippen LogP contribution in [0.1, 0.15) is 30.1 Å². The fraction of sp³-hybridized carbons (Fsp3) is 0.222. The van der Waals surface area contributed by atoms with Crippen molar-refractivity contribution in [3.63, 3.8) is 0 Å². The van der Waals surface area contributed by atoms with Crippen molar-refractivity contribution >= 4 is 12.0 Å². The summed E-state index contributed by atoms with van der Waals surface area (Å²) in [7, 11) is 0. The SMILES string of the molecule is CCCC=CCOC(=O)NNC(=O)c1ccccc1-n1cccc1. The largest absolute Gasteiger partial charge is 0.444 e. The first-order valence-corrected chi connectivity index (χ1v) is 7.83.